The molecule has 0 radical (unpaired) electrons. The molecule has 10 aromatic rings. The molecule has 2 nitrogen and oxygen atoms in total. The highest BCUT2D eigenvalue weighted by Crippen LogP contribution is 2.45. The quantitative estimate of drug-likeness (QED) is 0.165. The molecule has 0 fully saturated rings. The van der Waals surface area contributed by atoms with E-state index in [1.165, 1.54) is 54.9 Å². The Kier molecular flexibility index (Phi) is 7.18. The molecular formula is C50H33NO. The van der Waals surface area contributed by atoms with Crippen molar-refractivity contribution in [1.29, 1.82) is 0 Å². The lowest BCUT2D eigenvalue weighted by atomic mass is 9.93. The van der Waals surface area contributed by atoms with Gasteiger partial charge in [0.25, 0.3) is 0 Å². The van der Waals surface area contributed by atoms with Gasteiger partial charge in [0.05, 0.1) is 5.69 Å². The van der Waals surface area contributed by atoms with Crippen LogP contribution in [0.3, 0.4) is 0 Å². The van der Waals surface area contributed by atoms with Crippen molar-refractivity contribution in [2.75, 3.05) is 4.90 Å². The summed E-state index contributed by atoms with van der Waals surface area (Å²) in [6, 6.07) is 71.5. The van der Waals surface area contributed by atoms with Crippen LogP contribution in [0.1, 0.15) is 0 Å². The van der Waals surface area contributed by atoms with E-state index in [1.807, 2.05) is 0 Å². The second-order valence-corrected chi connectivity index (χ2v) is 13.3. The van der Waals surface area contributed by atoms with Crippen LogP contribution in [0.4, 0.5) is 17.1 Å². The SMILES string of the molecule is c1ccc(-c2ccc(N(c3ccc(-c4cc5ccccc5c5ccccc45)cc3)c3cccc4c3oc3cccc(-c5ccccc5)c34)cc2)cc1. The van der Waals surface area contributed by atoms with Gasteiger partial charge in [0.15, 0.2) is 5.58 Å². The molecule has 244 valence electrons. The molecule has 1 aromatic heterocycles. The van der Waals surface area contributed by atoms with E-state index >= 15 is 0 Å². The van der Waals surface area contributed by atoms with Gasteiger partial charge < -0.3 is 9.32 Å². The van der Waals surface area contributed by atoms with Gasteiger partial charge in [0, 0.05) is 22.1 Å². The topological polar surface area (TPSA) is 16.4 Å². The summed E-state index contributed by atoms with van der Waals surface area (Å²) in [5.41, 5.74) is 12.0. The summed E-state index contributed by atoms with van der Waals surface area (Å²) in [5.74, 6) is 0. The van der Waals surface area contributed by atoms with Gasteiger partial charge in [-0.3, -0.25) is 0 Å². The first-order valence-corrected chi connectivity index (χ1v) is 17.8. The molecule has 0 aliphatic rings. The Bertz CT molecular complexity index is 2870. The number of hydrogen-bond acceptors (Lipinski definition) is 2. The first-order chi connectivity index (χ1) is 25.8. The summed E-state index contributed by atoms with van der Waals surface area (Å²) in [7, 11) is 0. The zero-order valence-corrected chi connectivity index (χ0v) is 28.4. The number of hydrogen-bond donors (Lipinski definition) is 0. The highest BCUT2D eigenvalue weighted by molar-refractivity contribution is 6.16. The van der Waals surface area contributed by atoms with Gasteiger partial charge in [-0.1, -0.05) is 158 Å². The Morgan fingerprint density at radius 2 is 0.885 bits per heavy atom. The molecular weight excluding hydrogens is 631 g/mol. The number of benzene rings is 9. The highest BCUT2D eigenvalue weighted by atomic mass is 16.3. The van der Waals surface area contributed by atoms with E-state index < -0.39 is 0 Å². The molecule has 9 aromatic carbocycles. The Hall–Kier alpha value is -6.90. The number of anilines is 3. The fraction of sp³-hybridized carbons (Fsp3) is 0. The molecule has 0 atom stereocenters. The second kappa shape index (κ2) is 12.5. The van der Waals surface area contributed by atoms with Crippen molar-refractivity contribution >= 4 is 60.5 Å². The average molecular weight is 664 g/mol. The van der Waals surface area contributed by atoms with Gasteiger partial charge in [0.1, 0.15) is 5.58 Å². The van der Waals surface area contributed by atoms with E-state index in [4.69, 9.17) is 4.42 Å². The second-order valence-electron chi connectivity index (χ2n) is 13.3. The predicted molar refractivity (Wildman–Crippen MR) is 220 cm³/mol. The molecule has 0 aliphatic carbocycles. The third-order valence-electron chi connectivity index (χ3n) is 10.3. The summed E-state index contributed by atoms with van der Waals surface area (Å²) < 4.78 is 6.80. The third kappa shape index (κ3) is 5.04. The molecule has 0 N–H and O–H groups in total. The van der Waals surface area contributed by atoms with Crippen molar-refractivity contribution in [2.45, 2.75) is 0 Å². The van der Waals surface area contributed by atoms with Gasteiger partial charge >= 0.3 is 0 Å². The van der Waals surface area contributed by atoms with Crippen LogP contribution in [0.25, 0.3) is 76.9 Å². The normalized spacial score (nSPS) is 11.5. The molecule has 2 heteroatoms. The van der Waals surface area contributed by atoms with Gasteiger partial charge in [-0.15, -0.1) is 0 Å². The first-order valence-electron chi connectivity index (χ1n) is 17.8. The summed E-state index contributed by atoms with van der Waals surface area (Å²) in [6.07, 6.45) is 0. The average Bonchev–Trinajstić information content (AvgIpc) is 3.62. The Morgan fingerprint density at radius 1 is 0.346 bits per heavy atom. The van der Waals surface area contributed by atoms with Crippen molar-refractivity contribution in [3.05, 3.63) is 200 Å². The van der Waals surface area contributed by atoms with Gasteiger partial charge in [-0.2, -0.15) is 0 Å². The fourth-order valence-electron chi connectivity index (χ4n) is 7.81. The Labute approximate surface area is 302 Å². The monoisotopic (exact) mass is 663 g/mol. The van der Waals surface area contributed by atoms with Crippen LogP contribution >= 0.6 is 0 Å². The summed E-state index contributed by atoms with van der Waals surface area (Å²) in [5, 5.41) is 7.26. The lowest BCUT2D eigenvalue weighted by Gasteiger charge is -2.26. The minimum Gasteiger partial charge on any atom is -0.454 e. The van der Waals surface area contributed by atoms with Crippen LogP contribution in [0.5, 0.6) is 0 Å². The summed E-state index contributed by atoms with van der Waals surface area (Å²) in [6.45, 7) is 0. The molecule has 10 rings (SSSR count). The fourth-order valence-corrected chi connectivity index (χ4v) is 7.81. The van der Waals surface area contributed by atoms with E-state index in [-0.39, 0.29) is 0 Å². The third-order valence-corrected chi connectivity index (χ3v) is 10.3. The molecule has 0 amide bonds. The number of rotatable bonds is 6. The molecule has 0 unspecified atom stereocenters. The Balaban J connectivity index is 1.15. The van der Waals surface area contributed by atoms with Crippen molar-refractivity contribution in [2.24, 2.45) is 0 Å². The minimum absolute atomic E-state index is 0.859. The standard InChI is InChI=1S/C50H33NO/c1-3-13-34(14-4-1)35-25-29-39(30-26-35)51(47-23-11-22-45-49-42(36-15-5-2-6-16-36)21-12-24-48(49)52-50(45)47)40-31-27-37(28-32-40)46-33-38-17-7-8-18-41(38)43-19-9-10-20-44(43)46/h1-33H. The summed E-state index contributed by atoms with van der Waals surface area (Å²) in [4.78, 5) is 2.32. The van der Waals surface area contributed by atoms with Gasteiger partial charge in [-0.05, 0) is 97.4 Å². The number of nitrogens with zero attached hydrogens (tertiary/aromatic N) is 1. The van der Waals surface area contributed by atoms with Crippen LogP contribution in [0.2, 0.25) is 0 Å². The van der Waals surface area contributed by atoms with Crippen LogP contribution < -0.4 is 4.90 Å². The molecule has 52 heavy (non-hydrogen) atoms. The van der Waals surface area contributed by atoms with Gasteiger partial charge in [0.2, 0.25) is 0 Å². The summed E-state index contributed by atoms with van der Waals surface area (Å²) >= 11 is 0. The highest BCUT2D eigenvalue weighted by Gasteiger charge is 2.21. The molecule has 0 spiro atoms. The molecule has 0 saturated heterocycles. The van der Waals surface area contributed by atoms with Gasteiger partial charge in [-0.25, -0.2) is 0 Å². The van der Waals surface area contributed by atoms with Crippen molar-refractivity contribution in [1.82, 2.24) is 0 Å². The van der Waals surface area contributed by atoms with Crippen molar-refractivity contribution in [3.63, 3.8) is 0 Å². The predicted octanol–water partition coefficient (Wildman–Crippen LogP) is 14.4. The van der Waals surface area contributed by atoms with E-state index in [9.17, 15) is 0 Å². The first kappa shape index (κ1) is 30.0. The number of furan rings is 1. The number of para-hydroxylation sites is 1. The molecule has 0 aliphatic heterocycles. The van der Waals surface area contributed by atoms with Crippen molar-refractivity contribution in [3.8, 4) is 33.4 Å². The van der Waals surface area contributed by atoms with Crippen LogP contribution in [0.15, 0.2) is 205 Å². The Morgan fingerprint density at radius 3 is 1.62 bits per heavy atom. The lowest BCUT2D eigenvalue weighted by Crippen LogP contribution is -2.10. The molecule has 0 bridgehead atoms. The van der Waals surface area contributed by atoms with Crippen LogP contribution in [0, 0.1) is 0 Å². The van der Waals surface area contributed by atoms with E-state index in [0.29, 0.717) is 0 Å². The van der Waals surface area contributed by atoms with E-state index in [0.717, 1.165) is 39.0 Å². The maximum Gasteiger partial charge on any atom is 0.159 e. The minimum atomic E-state index is 0.859. The van der Waals surface area contributed by atoms with Crippen molar-refractivity contribution < 1.29 is 4.42 Å². The van der Waals surface area contributed by atoms with Crippen LogP contribution in [-0.2, 0) is 0 Å². The maximum atomic E-state index is 6.80. The lowest BCUT2D eigenvalue weighted by molar-refractivity contribution is 0.669. The molecule has 0 saturated carbocycles. The molecule has 1 heterocycles. The van der Waals surface area contributed by atoms with E-state index in [1.54, 1.807) is 0 Å². The van der Waals surface area contributed by atoms with E-state index in [2.05, 4.69) is 205 Å². The van der Waals surface area contributed by atoms with Crippen LogP contribution in [-0.4, -0.2) is 0 Å². The largest absolute Gasteiger partial charge is 0.454 e. The zero-order chi connectivity index (χ0) is 34.4. The smallest absolute Gasteiger partial charge is 0.159 e. The number of fused-ring (bicyclic) bond motifs is 6. The zero-order valence-electron chi connectivity index (χ0n) is 28.4. The maximum absolute atomic E-state index is 6.80.